The summed E-state index contributed by atoms with van der Waals surface area (Å²) in [5.41, 5.74) is 0. The Labute approximate surface area is 139 Å². The van der Waals surface area contributed by atoms with Crippen molar-refractivity contribution in [2.45, 2.75) is 116 Å². The second kappa shape index (κ2) is 15.3. The molecule has 1 heteroatoms. The summed E-state index contributed by atoms with van der Waals surface area (Å²) in [6, 6.07) is 0. The van der Waals surface area contributed by atoms with Crippen LogP contribution in [0.15, 0.2) is 12.2 Å². The predicted molar refractivity (Wildman–Crippen MR) is 97.3 cm³/mol. The normalized spacial score (nSPS) is 24.3. The zero-order valence-electron chi connectivity index (χ0n) is 14.8. The minimum absolute atomic E-state index is 0.339. The molecule has 1 aliphatic rings. The molecule has 128 valence electrons. The summed E-state index contributed by atoms with van der Waals surface area (Å²) in [5, 5.41) is 0. The molecular formula is C21H38O. The van der Waals surface area contributed by atoms with Crippen LogP contribution in [0, 0.1) is 0 Å². The molecule has 1 aliphatic carbocycles. The number of allylic oxidation sites excluding steroid dienone is 2. The van der Waals surface area contributed by atoms with Crippen molar-refractivity contribution in [3.05, 3.63) is 12.2 Å². The molecular weight excluding hydrogens is 268 g/mol. The minimum atomic E-state index is 0.339. The Morgan fingerprint density at radius 1 is 0.500 bits per heavy atom. The van der Waals surface area contributed by atoms with E-state index in [-0.39, 0.29) is 0 Å². The highest BCUT2D eigenvalue weighted by Crippen LogP contribution is 2.14. The van der Waals surface area contributed by atoms with E-state index in [1.54, 1.807) is 0 Å². The molecule has 1 rings (SSSR count). The molecule has 0 radical (unpaired) electrons. The molecule has 0 fully saturated rings. The lowest BCUT2D eigenvalue weighted by Gasteiger charge is -2.03. The summed E-state index contributed by atoms with van der Waals surface area (Å²) in [6.07, 6.45) is 27.6. The number of hydrogen-bond donors (Lipinski definition) is 0. The third-order valence-corrected chi connectivity index (χ3v) is 4.85. The van der Waals surface area contributed by atoms with Gasteiger partial charge in [0.15, 0.2) is 5.78 Å². The third kappa shape index (κ3) is 13.1. The number of carbonyl (C=O) groups is 1. The molecule has 0 saturated carbocycles. The Morgan fingerprint density at radius 3 is 1.32 bits per heavy atom. The lowest BCUT2D eigenvalue weighted by atomic mass is 10.0. The smallest absolute Gasteiger partial charge is 0.155 e. The van der Waals surface area contributed by atoms with Gasteiger partial charge in [-0.1, -0.05) is 96.0 Å². The summed E-state index contributed by atoms with van der Waals surface area (Å²) in [6.45, 7) is 0. The maximum atomic E-state index is 11.7. The highest BCUT2D eigenvalue weighted by molar-refractivity contribution is 5.89. The molecule has 0 heterocycles. The van der Waals surface area contributed by atoms with Gasteiger partial charge in [-0.25, -0.2) is 0 Å². The minimum Gasteiger partial charge on any atom is -0.295 e. The van der Waals surface area contributed by atoms with Crippen molar-refractivity contribution < 1.29 is 4.79 Å². The molecule has 0 saturated heterocycles. The van der Waals surface area contributed by atoms with Gasteiger partial charge in [0.05, 0.1) is 0 Å². The van der Waals surface area contributed by atoms with Crippen LogP contribution in [0.4, 0.5) is 0 Å². The summed E-state index contributed by atoms with van der Waals surface area (Å²) >= 11 is 0. The zero-order valence-corrected chi connectivity index (χ0v) is 14.8. The van der Waals surface area contributed by atoms with Gasteiger partial charge in [-0.3, -0.25) is 4.79 Å². The Morgan fingerprint density at radius 2 is 0.864 bits per heavy atom. The van der Waals surface area contributed by atoms with E-state index in [2.05, 4.69) is 6.08 Å². The van der Waals surface area contributed by atoms with E-state index in [4.69, 9.17) is 0 Å². The second-order valence-corrected chi connectivity index (χ2v) is 7.06. The first-order valence-corrected chi connectivity index (χ1v) is 10.1. The fourth-order valence-corrected chi connectivity index (χ4v) is 3.33. The number of hydrogen-bond acceptors (Lipinski definition) is 1. The second-order valence-electron chi connectivity index (χ2n) is 7.06. The van der Waals surface area contributed by atoms with Crippen LogP contribution in [0.3, 0.4) is 0 Å². The monoisotopic (exact) mass is 306 g/mol. The fraction of sp³-hybridized carbons (Fsp3) is 0.857. The lowest BCUT2D eigenvalue weighted by Crippen LogP contribution is -1.92. The zero-order chi connectivity index (χ0) is 15.7. The van der Waals surface area contributed by atoms with Gasteiger partial charge < -0.3 is 0 Å². The molecule has 0 aromatic rings. The third-order valence-electron chi connectivity index (χ3n) is 4.85. The van der Waals surface area contributed by atoms with Crippen LogP contribution >= 0.6 is 0 Å². The van der Waals surface area contributed by atoms with Crippen molar-refractivity contribution >= 4 is 5.78 Å². The number of carbonyl (C=O) groups excluding carboxylic acids is 1. The molecule has 0 N–H and O–H groups in total. The first kappa shape index (κ1) is 19.5. The molecule has 1 nitrogen and oxygen atoms in total. The molecule has 0 spiro atoms. The van der Waals surface area contributed by atoms with Gasteiger partial charge in [-0.2, -0.15) is 0 Å². The quantitative estimate of drug-likeness (QED) is 0.464. The van der Waals surface area contributed by atoms with Crippen LogP contribution in [-0.2, 0) is 4.79 Å². The van der Waals surface area contributed by atoms with E-state index in [9.17, 15) is 4.79 Å². The molecule has 22 heavy (non-hydrogen) atoms. The molecule has 0 unspecified atom stereocenters. The molecule has 0 amide bonds. The van der Waals surface area contributed by atoms with Crippen molar-refractivity contribution in [3.8, 4) is 0 Å². The number of ketones is 1. The average molecular weight is 307 g/mol. The SMILES string of the molecule is O=C1/C=C\CCCCCCCCCCCCCCCCCC1. The molecule has 0 aliphatic heterocycles. The van der Waals surface area contributed by atoms with Crippen LogP contribution in [0.5, 0.6) is 0 Å². The predicted octanol–water partition coefficient (Wildman–Crippen LogP) is 7.15. The van der Waals surface area contributed by atoms with E-state index in [0.717, 1.165) is 19.3 Å². The largest absolute Gasteiger partial charge is 0.295 e. The standard InChI is InChI=1S/C21H38O/c22-21-19-17-15-13-11-9-7-5-3-1-2-4-6-8-10-12-14-16-18-20-21/h17,19H,1-16,18,20H2/b19-17-. The summed E-state index contributed by atoms with van der Waals surface area (Å²) in [5.74, 6) is 0.339. The van der Waals surface area contributed by atoms with Gasteiger partial charge in [0, 0.05) is 6.42 Å². The van der Waals surface area contributed by atoms with Gasteiger partial charge in [0.2, 0.25) is 0 Å². The molecule has 0 aromatic carbocycles. The molecule has 0 aromatic heterocycles. The number of rotatable bonds is 0. The average Bonchev–Trinajstić information content (AvgIpc) is 2.52. The van der Waals surface area contributed by atoms with Crippen LogP contribution in [-0.4, -0.2) is 5.78 Å². The van der Waals surface area contributed by atoms with E-state index in [1.165, 1.54) is 96.3 Å². The molecule has 0 atom stereocenters. The Kier molecular flexibility index (Phi) is 13.5. The first-order chi connectivity index (χ1) is 10.9. The Balaban J connectivity index is 2.15. The van der Waals surface area contributed by atoms with Crippen LogP contribution in [0.1, 0.15) is 116 Å². The van der Waals surface area contributed by atoms with Gasteiger partial charge in [0.1, 0.15) is 0 Å². The highest BCUT2D eigenvalue weighted by Gasteiger charge is 1.98. The maximum absolute atomic E-state index is 11.7. The summed E-state index contributed by atoms with van der Waals surface area (Å²) in [7, 11) is 0. The van der Waals surface area contributed by atoms with Gasteiger partial charge in [0.25, 0.3) is 0 Å². The van der Waals surface area contributed by atoms with Crippen LogP contribution in [0.2, 0.25) is 0 Å². The highest BCUT2D eigenvalue weighted by atomic mass is 16.1. The van der Waals surface area contributed by atoms with Crippen LogP contribution in [0.25, 0.3) is 0 Å². The van der Waals surface area contributed by atoms with Crippen molar-refractivity contribution in [1.29, 1.82) is 0 Å². The van der Waals surface area contributed by atoms with Crippen molar-refractivity contribution in [2.75, 3.05) is 0 Å². The van der Waals surface area contributed by atoms with Gasteiger partial charge in [-0.05, 0) is 25.3 Å². The Hall–Kier alpha value is -0.590. The van der Waals surface area contributed by atoms with E-state index >= 15 is 0 Å². The van der Waals surface area contributed by atoms with Crippen molar-refractivity contribution in [2.24, 2.45) is 0 Å². The van der Waals surface area contributed by atoms with Gasteiger partial charge >= 0.3 is 0 Å². The van der Waals surface area contributed by atoms with E-state index in [0.29, 0.717) is 5.78 Å². The van der Waals surface area contributed by atoms with Crippen molar-refractivity contribution in [1.82, 2.24) is 0 Å². The lowest BCUT2D eigenvalue weighted by molar-refractivity contribution is -0.114. The first-order valence-electron chi connectivity index (χ1n) is 10.1. The summed E-state index contributed by atoms with van der Waals surface area (Å²) in [4.78, 5) is 11.7. The van der Waals surface area contributed by atoms with Gasteiger partial charge in [-0.15, -0.1) is 0 Å². The van der Waals surface area contributed by atoms with E-state index < -0.39 is 0 Å². The van der Waals surface area contributed by atoms with Crippen molar-refractivity contribution in [3.63, 3.8) is 0 Å². The molecule has 0 bridgehead atoms. The van der Waals surface area contributed by atoms with E-state index in [1.807, 2.05) is 6.08 Å². The topological polar surface area (TPSA) is 17.1 Å². The fourth-order valence-electron chi connectivity index (χ4n) is 3.33. The Bertz CT molecular complexity index is 280. The maximum Gasteiger partial charge on any atom is 0.155 e. The van der Waals surface area contributed by atoms with Crippen LogP contribution < -0.4 is 0 Å². The summed E-state index contributed by atoms with van der Waals surface area (Å²) < 4.78 is 0.